The smallest absolute Gasteiger partial charge is 0.319 e. The van der Waals surface area contributed by atoms with Crippen molar-refractivity contribution in [1.82, 2.24) is 5.32 Å². The largest absolute Gasteiger partial charge is 0.481 e. The Kier molecular flexibility index (Phi) is 5.23. The summed E-state index contributed by atoms with van der Waals surface area (Å²) in [6, 6.07) is 7.02. The summed E-state index contributed by atoms with van der Waals surface area (Å²) in [5.41, 5.74) is -0.281. The molecule has 6 heteroatoms. The molecule has 0 spiro atoms. The van der Waals surface area contributed by atoms with E-state index in [1.165, 1.54) is 11.8 Å². The van der Waals surface area contributed by atoms with Crippen molar-refractivity contribution in [2.45, 2.75) is 18.7 Å². The van der Waals surface area contributed by atoms with Crippen LogP contribution in [0.2, 0.25) is 0 Å². The van der Waals surface area contributed by atoms with Gasteiger partial charge in [-0.3, -0.25) is 4.79 Å². The number of carboxylic acid groups (broad SMARTS) is 1. The molecular weight excluding hydrogens is 264 g/mol. The van der Waals surface area contributed by atoms with Gasteiger partial charge in [-0.1, -0.05) is 12.1 Å². The second-order valence-electron chi connectivity index (χ2n) is 4.70. The molecule has 3 N–H and O–H groups in total. The molecule has 1 aromatic rings. The van der Waals surface area contributed by atoms with Gasteiger partial charge in [0.25, 0.3) is 0 Å². The van der Waals surface area contributed by atoms with Gasteiger partial charge in [0, 0.05) is 11.4 Å². The first-order chi connectivity index (χ1) is 8.86. The number of nitrogens with one attached hydrogen (secondary N) is 2. The van der Waals surface area contributed by atoms with Crippen molar-refractivity contribution in [3.63, 3.8) is 0 Å². The van der Waals surface area contributed by atoms with Crippen molar-refractivity contribution >= 4 is 29.4 Å². The summed E-state index contributed by atoms with van der Waals surface area (Å²) in [5, 5.41) is 14.2. The molecule has 0 bridgehead atoms. The Hall–Kier alpha value is -1.69. The highest BCUT2D eigenvalue weighted by molar-refractivity contribution is 7.98. The van der Waals surface area contributed by atoms with Crippen LogP contribution >= 0.6 is 11.8 Å². The molecule has 0 saturated carbocycles. The highest BCUT2D eigenvalue weighted by Crippen LogP contribution is 2.24. The van der Waals surface area contributed by atoms with Crippen LogP contribution in [0, 0.1) is 5.41 Å². The topological polar surface area (TPSA) is 78.4 Å². The molecule has 0 radical (unpaired) electrons. The van der Waals surface area contributed by atoms with Crippen molar-refractivity contribution in [2.24, 2.45) is 5.41 Å². The molecule has 0 aliphatic heterocycles. The van der Waals surface area contributed by atoms with E-state index < -0.39 is 17.4 Å². The number of urea groups is 1. The van der Waals surface area contributed by atoms with Gasteiger partial charge >= 0.3 is 12.0 Å². The second-order valence-corrected chi connectivity index (χ2v) is 5.55. The molecule has 0 aliphatic rings. The van der Waals surface area contributed by atoms with Gasteiger partial charge in [0.05, 0.1) is 11.1 Å². The number of para-hydroxylation sites is 1. The van der Waals surface area contributed by atoms with Gasteiger partial charge < -0.3 is 15.7 Å². The van der Waals surface area contributed by atoms with Gasteiger partial charge in [-0.25, -0.2) is 4.79 Å². The molecule has 0 unspecified atom stereocenters. The minimum absolute atomic E-state index is 0.0651. The molecule has 0 aliphatic carbocycles. The van der Waals surface area contributed by atoms with E-state index in [0.717, 1.165) is 4.90 Å². The van der Waals surface area contributed by atoms with Crippen LogP contribution in [0.3, 0.4) is 0 Å². The van der Waals surface area contributed by atoms with Gasteiger partial charge in [0.2, 0.25) is 0 Å². The fourth-order valence-corrected chi connectivity index (χ4v) is 1.84. The number of hydrogen-bond acceptors (Lipinski definition) is 3. The molecule has 2 amide bonds. The van der Waals surface area contributed by atoms with E-state index in [9.17, 15) is 9.59 Å². The van der Waals surface area contributed by atoms with Gasteiger partial charge in [0.1, 0.15) is 0 Å². The van der Waals surface area contributed by atoms with Crippen LogP contribution in [0.25, 0.3) is 0 Å². The maximum atomic E-state index is 11.7. The first-order valence-electron chi connectivity index (χ1n) is 5.78. The molecule has 0 heterocycles. The molecule has 0 fully saturated rings. The fraction of sp³-hybridized carbons (Fsp3) is 0.385. The monoisotopic (exact) mass is 282 g/mol. The second kappa shape index (κ2) is 6.47. The van der Waals surface area contributed by atoms with Crippen LogP contribution in [-0.2, 0) is 4.79 Å². The first-order valence-corrected chi connectivity index (χ1v) is 7.00. The zero-order chi connectivity index (χ0) is 14.5. The number of anilines is 1. The summed E-state index contributed by atoms with van der Waals surface area (Å²) < 4.78 is 0. The molecule has 0 aromatic heterocycles. The minimum atomic E-state index is -0.990. The number of rotatable bonds is 5. The number of benzene rings is 1. The lowest BCUT2D eigenvalue weighted by atomic mass is 9.94. The lowest BCUT2D eigenvalue weighted by Gasteiger charge is -2.19. The van der Waals surface area contributed by atoms with E-state index in [4.69, 9.17) is 5.11 Å². The third-order valence-electron chi connectivity index (χ3n) is 2.63. The van der Waals surface area contributed by atoms with Crippen LogP contribution in [0.15, 0.2) is 29.2 Å². The van der Waals surface area contributed by atoms with Gasteiger partial charge in [-0.2, -0.15) is 0 Å². The van der Waals surface area contributed by atoms with E-state index in [1.54, 1.807) is 19.9 Å². The van der Waals surface area contributed by atoms with Gasteiger partial charge in [-0.05, 0) is 32.2 Å². The van der Waals surface area contributed by atoms with E-state index >= 15 is 0 Å². The summed E-state index contributed by atoms with van der Waals surface area (Å²) in [4.78, 5) is 23.6. The Morgan fingerprint density at radius 2 is 1.95 bits per heavy atom. The molecule has 5 nitrogen and oxygen atoms in total. The Morgan fingerprint density at radius 1 is 1.32 bits per heavy atom. The summed E-state index contributed by atoms with van der Waals surface area (Å²) in [5.74, 6) is -0.947. The lowest BCUT2D eigenvalue weighted by Crippen LogP contribution is -2.40. The van der Waals surface area contributed by atoms with E-state index in [2.05, 4.69) is 10.6 Å². The highest BCUT2D eigenvalue weighted by atomic mass is 32.2. The average Bonchev–Trinajstić information content (AvgIpc) is 2.37. The average molecular weight is 282 g/mol. The first kappa shape index (κ1) is 15.4. The standard InChI is InChI=1S/C13H18N2O3S/c1-13(2,11(16)17)8-14-12(18)15-9-6-4-5-7-10(9)19-3/h4-7H,8H2,1-3H3,(H,16,17)(H2,14,15,18). The molecule has 1 rings (SSSR count). The van der Waals surface area contributed by atoms with Crippen molar-refractivity contribution in [3.8, 4) is 0 Å². The minimum Gasteiger partial charge on any atom is -0.481 e. The van der Waals surface area contributed by atoms with E-state index in [0.29, 0.717) is 5.69 Å². The van der Waals surface area contributed by atoms with Gasteiger partial charge in [0.15, 0.2) is 0 Å². The number of carboxylic acids is 1. The van der Waals surface area contributed by atoms with E-state index in [1.807, 2.05) is 24.5 Å². The molecule has 0 atom stereocenters. The van der Waals surface area contributed by atoms with Crippen LogP contribution in [0.5, 0.6) is 0 Å². The number of hydrogen-bond donors (Lipinski definition) is 3. The zero-order valence-electron chi connectivity index (χ0n) is 11.2. The van der Waals surface area contributed by atoms with Crippen LogP contribution in [0.1, 0.15) is 13.8 Å². The number of carbonyl (C=O) groups excluding carboxylic acids is 1. The summed E-state index contributed by atoms with van der Waals surface area (Å²) in [7, 11) is 0. The van der Waals surface area contributed by atoms with Crippen LogP contribution in [-0.4, -0.2) is 29.9 Å². The zero-order valence-corrected chi connectivity index (χ0v) is 12.0. The molecule has 104 valence electrons. The maximum absolute atomic E-state index is 11.7. The number of aliphatic carboxylic acids is 1. The summed E-state index contributed by atoms with van der Waals surface area (Å²) in [6.07, 6.45) is 1.92. The van der Waals surface area contributed by atoms with Gasteiger partial charge in [-0.15, -0.1) is 11.8 Å². The van der Waals surface area contributed by atoms with Crippen LogP contribution < -0.4 is 10.6 Å². The fourth-order valence-electron chi connectivity index (χ4n) is 1.29. The van der Waals surface area contributed by atoms with Crippen molar-refractivity contribution in [1.29, 1.82) is 0 Å². The Balaban J connectivity index is 2.59. The van der Waals surface area contributed by atoms with Crippen molar-refractivity contribution in [2.75, 3.05) is 18.1 Å². The normalized spacial score (nSPS) is 10.9. The maximum Gasteiger partial charge on any atom is 0.319 e. The number of amides is 2. The number of thioether (sulfide) groups is 1. The predicted molar refractivity (Wildman–Crippen MR) is 76.7 cm³/mol. The van der Waals surface area contributed by atoms with Crippen molar-refractivity contribution < 1.29 is 14.7 Å². The SMILES string of the molecule is CSc1ccccc1NC(=O)NCC(C)(C)C(=O)O. The number of carbonyl (C=O) groups is 2. The Labute approximate surface area is 116 Å². The third kappa shape index (κ3) is 4.48. The molecular formula is C13H18N2O3S. The summed E-state index contributed by atoms with van der Waals surface area (Å²) >= 11 is 1.53. The van der Waals surface area contributed by atoms with E-state index in [-0.39, 0.29) is 6.54 Å². The summed E-state index contributed by atoms with van der Waals surface area (Å²) in [6.45, 7) is 3.19. The molecule has 1 aromatic carbocycles. The Bertz CT molecular complexity index is 475. The highest BCUT2D eigenvalue weighted by Gasteiger charge is 2.27. The van der Waals surface area contributed by atoms with Crippen molar-refractivity contribution in [3.05, 3.63) is 24.3 Å². The lowest BCUT2D eigenvalue weighted by molar-refractivity contribution is -0.146. The third-order valence-corrected chi connectivity index (χ3v) is 3.42. The molecule has 0 saturated heterocycles. The van der Waals surface area contributed by atoms with Crippen LogP contribution in [0.4, 0.5) is 10.5 Å². The Morgan fingerprint density at radius 3 is 2.53 bits per heavy atom. The molecule has 19 heavy (non-hydrogen) atoms. The predicted octanol–water partition coefficient (Wildman–Crippen LogP) is 2.64. The quantitative estimate of drug-likeness (QED) is 0.725.